The first-order valence-corrected chi connectivity index (χ1v) is 6.46. The molecule has 0 spiro atoms. The Kier molecular flexibility index (Phi) is 4.17. The molecular weight excluding hydrogens is 294 g/mol. The van der Waals surface area contributed by atoms with Crippen LogP contribution in [0.3, 0.4) is 0 Å². The molecular formula is C12H11ClF2N2O3. The van der Waals surface area contributed by atoms with Gasteiger partial charge in [-0.15, -0.1) is 11.6 Å². The van der Waals surface area contributed by atoms with Crippen molar-refractivity contribution in [2.24, 2.45) is 5.92 Å². The lowest BCUT2D eigenvalue weighted by Crippen LogP contribution is -2.30. The first-order chi connectivity index (χ1) is 9.45. The molecule has 0 aliphatic carbocycles. The molecule has 1 aliphatic heterocycles. The molecule has 20 heavy (non-hydrogen) atoms. The van der Waals surface area contributed by atoms with Gasteiger partial charge in [0, 0.05) is 25.0 Å². The number of halogens is 3. The zero-order valence-electron chi connectivity index (χ0n) is 10.3. The molecule has 2 rings (SSSR count). The van der Waals surface area contributed by atoms with E-state index in [1.165, 1.54) is 4.90 Å². The third-order valence-electron chi connectivity index (χ3n) is 3.27. The molecule has 0 saturated carbocycles. The first-order valence-electron chi connectivity index (χ1n) is 5.93. The molecule has 1 saturated heterocycles. The van der Waals surface area contributed by atoms with E-state index in [0.717, 1.165) is 6.07 Å². The summed E-state index contributed by atoms with van der Waals surface area (Å²) in [4.78, 5) is 23.0. The molecule has 1 heterocycles. The van der Waals surface area contributed by atoms with E-state index in [1.54, 1.807) is 0 Å². The van der Waals surface area contributed by atoms with Crippen molar-refractivity contribution < 1.29 is 18.5 Å². The predicted octanol–water partition coefficient (Wildman–Crippen LogP) is 2.57. The molecule has 1 unspecified atom stereocenters. The van der Waals surface area contributed by atoms with Gasteiger partial charge < -0.3 is 4.90 Å². The first kappa shape index (κ1) is 14.6. The molecule has 5 nitrogen and oxygen atoms in total. The fourth-order valence-electron chi connectivity index (χ4n) is 2.18. The van der Waals surface area contributed by atoms with Crippen molar-refractivity contribution in [1.82, 2.24) is 4.90 Å². The van der Waals surface area contributed by atoms with Crippen LogP contribution in [-0.4, -0.2) is 34.7 Å². The maximum atomic E-state index is 13.9. The van der Waals surface area contributed by atoms with Crippen LogP contribution in [0.25, 0.3) is 0 Å². The number of amides is 1. The number of likely N-dealkylation sites (tertiary alicyclic amines) is 1. The molecule has 0 radical (unpaired) electrons. The number of benzene rings is 1. The predicted molar refractivity (Wildman–Crippen MR) is 67.7 cm³/mol. The highest BCUT2D eigenvalue weighted by Crippen LogP contribution is 2.26. The van der Waals surface area contributed by atoms with Gasteiger partial charge in [0.1, 0.15) is 11.4 Å². The summed E-state index contributed by atoms with van der Waals surface area (Å²) in [5.41, 5.74) is -1.79. The van der Waals surface area contributed by atoms with Crippen molar-refractivity contribution in [3.8, 4) is 0 Å². The maximum absolute atomic E-state index is 13.9. The Morgan fingerprint density at radius 1 is 1.50 bits per heavy atom. The summed E-state index contributed by atoms with van der Waals surface area (Å²) in [5, 5.41) is 10.6. The molecule has 8 heteroatoms. The topological polar surface area (TPSA) is 63.4 Å². The molecule has 1 amide bonds. The van der Waals surface area contributed by atoms with E-state index in [1.807, 2.05) is 0 Å². The van der Waals surface area contributed by atoms with Gasteiger partial charge in [-0.1, -0.05) is 0 Å². The lowest BCUT2D eigenvalue weighted by molar-refractivity contribution is -0.387. The normalized spacial score (nSPS) is 18.4. The molecule has 1 fully saturated rings. The Labute approximate surface area is 118 Å². The monoisotopic (exact) mass is 304 g/mol. The molecule has 108 valence electrons. The zero-order valence-corrected chi connectivity index (χ0v) is 11.1. The number of rotatable bonds is 3. The highest BCUT2D eigenvalue weighted by Gasteiger charge is 2.32. The minimum absolute atomic E-state index is 0.0745. The average molecular weight is 305 g/mol. The number of hydrogen-bond donors (Lipinski definition) is 0. The summed E-state index contributed by atoms with van der Waals surface area (Å²) in [6.45, 7) is 0.627. The summed E-state index contributed by atoms with van der Waals surface area (Å²) in [7, 11) is 0. The Bertz CT molecular complexity index is 568. The van der Waals surface area contributed by atoms with Gasteiger partial charge in [-0.2, -0.15) is 4.39 Å². The van der Waals surface area contributed by atoms with Crippen molar-refractivity contribution in [1.29, 1.82) is 0 Å². The van der Waals surface area contributed by atoms with Gasteiger partial charge in [-0.3, -0.25) is 14.9 Å². The van der Waals surface area contributed by atoms with E-state index in [2.05, 4.69) is 0 Å². The third-order valence-corrected chi connectivity index (χ3v) is 3.71. The third kappa shape index (κ3) is 2.58. The van der Waals surface area contributed by atoms with Crippen LogP contribution < -0.4 is 0 Å². The van der Waals surface area contributed by atoms with Crippen LogP contribution in [0.1, 0.15) is 16.8 Å². The van der Waals surface area contributed by atoms with Gasteiger partial charge >= 0.3 is 5.69 Å². The molecule has 1 aliphatic rings. The van der Waals surface area contributed by atoms with Crippen molar-refractivity contribution >= 4 is 23.2 Å². The summed E-state index contributed by atoms with van der Waals surface area (Å²) < 4.78 is 27.6. The van der Waals surface area contributed by atoms with E-state index in [0.29, 0.717) is 31.5 Å². The van der Waals surface area contributed by atoms with Crippen molar-refractivity contribution in [3.63, 3.8) is 0 Å². The van der Waals surface area contributed by atoms with Gasteiger partial charge in [0.25, 0.3) is 5.91 Å². The minimum Gasteiger partial charge on any atom is -0.338 e. The molecule has 1 aromatic carbocycles. The summed E-state index contributed by atoms with van der Waals surface area (Å²) in [6.07, 6.45) is 0.646. The second kappa shape index (κ2) is 5.70. The molecule has 0 N–H and O–H groups in total. The molecule has 1 atom stereocenters. The van der Waals surface area contributed by atoms with Gasteiger partial charge in [0.15, 0.2) is 0 Å². The number of nitrogens with zero attached hydrogens (tertiary/aromatic N) is 2. The SMILES string of the molecule is O=C(c1c(F)ccc([N+](=O)[O-])c1F)N1CCC(CCl)C1. The van der Waals surface area contributed by atoms with Gasteiger partial charge in [0.2, 0.25) is 5.82 Å². The number of carbonyl (C=O) groups excluding carboxylic acids is 1. The summed E-state index contributed by atoms with van der Waals surface area (Å²) >= 11 is 5.68. The van der Waals surface area contributed by atoms with E-state index < -0.39 is 33.7 Å². The average Bonchev–Trinajstić information content (AvgIpc) is 2.86. The van der Waals surface area contributed by atoms with Crippen LogP contribution in [-0.2, 0) is 0 Å². The van der Waals surface area contributed by atoms with Gasteiger partial charge in [0.05, 0.1) is 4.92 Å². The van der Waals surface area contributed by atoms with Crippen LogP contribution in [0.5, 0.6) is 0 Å². The van der Waals surface area contributed by atoms with E-state index in [-0.39, 0.29) is 5.92 Å². The lowest BCUT2D eigenvalue weighted by Gasteiger charge is -2.16. The van der Waals surface area contributed by atoms with Crippen molar-refractivity contribution in [3.05, 3.63) is 39.4 Å². The van der Waals surface area contributed by atoms with Crippen LogP contribution >= 0.6 is 11.6 Å². The van der Waals surface area contributed by atoms with Crippen LogP contribution in [0.2, 0.25) is 0 Å². The van der Waals surface area contributed by atoms with Crippen LogP contribution in [0.4, 0.5) is 14.5 Å². The van der Waals surface area contributed by atoms with Crippen molar-refractivity contribution in [2.75, 3.05) is 19.0 Å². The molecule has 0 aromatic heterocycles. The Balaban J connectivity index is 2.35. The lowest BCUT2D eigenvalue weighted by atomic mass is 10.1. The second-order valence-corrected chi connectivity index (χ2v) is 4.88. The highest BCUT2D eigenvalue weighted by atomic mass is 35.5. The second-order valence-electron chi connectivity index (χ2n) is 4.57. The number of alkyl halides is 1. The van der Waals surface area contributed by atoms with E-state index in [4.69, 9.17) is 11.6 Å². The van der Waals surface area contributed by atoms with Gasteiger partial charge in [-0.05, 0) is 18.4 Å². The van der Waals surface area contributed by atoms with E-state index >= 15 is 0 Å². The largest absolute Gasteiger partial charge is 0.338 e. The number of hydrogen-bond acceptors (Lipinski definition) is 3. The molecule has 1 aromatic rings. The molecule has 0 bridgehead atoms. The smallest absolute Gasteiger partial charge is 0.305 e. The fraction of sp³-hybridized carbons (Fsp3) is 0.417. The number of carbonyl (C=O) groups is 1. The highest BCUT2D eigenvalue weighted by molar-refractivity contribution is 6.18. The van der Waals surface area contributed by atoms with Crippen LogP contribution in [0.15, 0.2) is 12.1 Å². The Morgan fingerprint density at radius 2 is 2.20 bits per heavy atom. The van der Waals surface area contributed by atoms with Gasteiger partial charge in [-0.25, -0.2) is 4.39 Å². The van der Waals surface area contributed by atoms with Crippen LogP contribution in [0, 0.1) is 27.7 Å². The number of nitro groups is 1. The Morgan fingerprint density at radius 3 is 2.75 bits per heavy atom. The van der Waals surface area contributed by atoms with E-state index in [9.17, 15) is 23.7 Å². The zero-order chi connectivity index (χ0) is 14.9. The quantitative estimate of drug-likeness (QED) is 0.490. The summed E-state index contributed by atoms with van der Waals surface area (Å²) in [5.74, 6) is -2.99. The maximum Gasteiger partial charge on any atom is 0.305 e. The Hall–Kier alpha value is -1.76. The summed E-state index contributed by atoms with van der Waals surface area (Å²) in [6, 6.07) is 1.43. The fourth-order valence-corrected chi connectivity index (χ4v) is 2.43. The minimum atomic E-state index is -1.44. The number of nitro benzene ring substituents is 1. The van der Waals surface area contributed by atoms with Crippen molar-refractivity contribution in [2.45, 2.75) is 6.42 Å². The standard InChI is InChI=1S/C12H11ClF2N2O3/c13-5-7-3-4-16(6-7)12(18)10-8(14)1-2-9(11(10)15)17(19)20/h1-2,7H,3-6H2.